The first-order chi connectivity index (χ1) is 16.5. The molecule has 2 aromatic carbocycles. The molecule has 0 aromatic heterocycles. The van der Waals surface area contributed by atoms with Crippen LogP contribution >= 0.6 is 23.2 Å². The number of halogens is 2. The van der Waals surface area contributed by atoms with E-state index in [1.165, 1.54) is 0 Å². The fourth-order valence-electron chi connectivity index (χ4n) is 4.57. The molecule has 180 valence electrons. The number of nitrogens with zero attached hydrogens (tertiary/aromatic N) is 2. The lowest BCUT2D eigenvalue weighted by Crippen LogP contribution is -2.36. The van der Waals surface area contributed by atoms with Crippen LogP contribution in [0.15, 0.2) is 60.7 Å². The first kappa shape index (κ1) is 24.7. The largest absolute Gasteiger partial charge is 0.364 e. The molecule has 0 N–H and O–H groups in total. The van der Waals surface area contributed by atoms with E-state index in [2.05, 4.69) is 0 Å². The molecule has 0 bridgehead atoms. The van der Waals surface area contributed by atoms with Crippen molar-refractivity contribution < 1.29 is 19.3 Å². The van der Waals surface area contributed by atoms with Crippen LogP contribution in [-0.4, -0.2) is 48.2 Å². The van der Waals surface area contributed by atoms with Gasteiger partial charge < -0.3 is 9.68 Å². The van der Waals surface area contributed by atoms with Crippen molar-refractivity contribution >= 4 is 35.1 Å². The second-order valence-electron chi connectivity index (χ2n) is 8.72. The lowest BCUT2D eigenvalue weighted by Gasteiger charge is -2.31. The molecule has 34 heavy (non-hydrogen) atoms. The molecule has 8 heteroatoms. The Bertz CT molecular complexity index is 963. The van der Waals surface area contributed by atoms with Crippen LogP contribution in [0.3, 0.4) is 0 Å². The normalized spacial score (nSPS) is 21.9. The van der Waals surface area contributed by atoms with Gasteiger partial charge in [-0.1, -0.05) is 47.5 Å². The van der Waals surface area contributed by atoms with E-state index in [9.17, 15) is 9.59 Å². The minimum atomic E-state index is -0.598. The monoisotopic (exact) mass is 502 g/mol. The number of benzene rings is 2. The zero-order valence-electron chi connectivity index (χ0n) is 18.9. The van der Waals surface area contributed by atoms with Crippen LogP contribution < -0.4 is 0 Å². The Labute approximate surface area is 209 Å². The molecule has 4 rings (SSSR count). The number of piperidine rings is 2. The second kappa shape index (κ2) is 11.8. The Balaban J connectivity index is 1.24. The summed E-state index contributed by atoms with van der Waals surface area (Å²) in [5, 5.41) is 4.68. The van der Waals surface area contributed by atoms with Crippen molar-refractivity contribution in [1.82, 2.24) is 10.1 Å². The van der Waals surface area contributed by atoms with Crippen molar-refractivity contribution in [3.8, 4) is 0 Å². The molecule has 2 aromatic rings. The van der Waals surface area contributed by atoms with E-state index in [0.717, 1.165) is 49.0 Å². The number of hydroxylamine groups is 4. The SMILES string of the molecule is O=C(/C=C/C(=O)ON1CCCC(c2cccc(Cl)c2)C1)ON1CCCC(c2cccc(Cl)c2)C1. The van der Waals surface area contributed by atoms with E-state index in [4.69, 9.17) is 32.9 Å². The van der Waals surface area contributed by atoms with Gasteiger partial charge in [0.25, 0.3) is 0 Å². The zero-order chi connectivity index (χ0) is 23.9. The van der Waals surface area contributed by atoms with Gasteiger partial charge in [0.1, 0.15) is 0 Å². The van der Waals surface area contributed by atoms with Gasteiger partial charge in [0.05, 0.1) is 0 Å². The van der Waals surface area contributed by atoms with Crippen LogP contribution in [0.2, 0.25) is 10.0 Å². The lowest BCUT2D eigenvalue weighted by atomic mass is 9.91. The van der Waals surface area contributed by atoms with Gasteiger partial charge in [-0.2, -0.15) is 0 Å². The molecular weight excluding hydrogens is 475 g/mol. The highest BCUT2D eigenvalue weighted by atomic mass is 35.5. The highest BCUT2D eigenvalue weighted by Gasteiger charge is 2.25. The van der Waals surface area contributed by atoms with Crippen molar-refractivity contribution in [2.24, 2.45) is 0 Å². The van der Waals surface area contributed by atoms with Crippen LogP contribution in [0.5, 0.6) is 0 Å². The Hall–Kier alpha value is -2.38. The number of carbonyl (C=O) groups excluding carboxylic acids is 2. The summed E-state index contributed by atoms with van der Waals surface area (Å²) in [6, 6.07) is 15.5. The van der Waals surface area contributed by atoms with E-state index in [0.29, 0.717) is 36.2 Å². The van der Waals surface area contributed by atoms with Gasteiger partial charge in [-0.25, -0.2) is 9.59 Å². The molecule has 0 saturated carbocycles. The molecule has 2 aliphatic heterocycles. The maximum absolute atomic E-state index is 12.3. The van der Waals surface area contributed by atoms with Crippen molar-refractivity contribution in [3.05, 3.63) is 81.9 Å². The molecule has 2 aliphatic rings. The number of rotatable bonds is 6. The molecule has 0 spiro atoms. The van der Waals surface area contributed by atoms with E-state index in [-0.39, 0.29) is 11.8 Å². The minimum absolute atomic E-state index is 0.237. The average molecular weight is 503 g/mol. The smallest absolute Gasteiger partial charge is 0.349 e. The van der Waals surface area contributed by atoms with Crippen molar-refractivity contribution in [3.63, 3.8) is 0 Å². The third-order valence-electron chi connectivity index (χ3n) is 6.20. The van der Waals surface area contributed by atoms with Crippen molar-refractivity contribution in [2.45, 2.75) is 37.5 Å². The molecule has 2 fully saturated rings. The number of hydrogen-bond acceptors (Lipinski definition) is 6. The predicted octanol–water partition coefficient (Wildman–Crippen LogP) is 5.53. The van der Waals surface area contributed by atoms with Gasteiger partial charge in [-0.05, 0) is 61.1 Å². The highest BCUT2D eigenvalue weighted by Crippen LogP contribution is 2.29. The van der Waals surface area contributed by atoms with E-state index < -0.39 is 11.9 Å². The highest BCUT2D eigenvalue weighted by molar-refractivity contribution is 6.30. The summed E-state index contributed by atoms with van der Waals surface area (Å²) in [4.78, 5) is 35.4. The molecular formula is C26H28Cl2N2O4. The fourth-order valence-corrected chi connectivity index (χ4v) is 4.96. The summed E-state index contributed by atoms with van der Waals surface area (Å²) < 4.78 is 0. The van der Waals surface area contributed by atoms with Crippen LogP contribution in [0.25, 0.3) is 0 Å². The number of carbonyl (C=O) groups is 2. The van der Waals surface area contributed by atoms with Crippen LogP contribution in [0.4, 0.5) is 0 Å². The molecule has 0 aliphatic carbocycles. The summed E-state index contributed by atoms with van der Waals surface area (Å²) in [5.74, 6) is -0.722. The van der Waals surface area contributed by atoms with Gasteiger partial charge in [0.2, 0.25) is 0 Å². The topological polar surface area (TPSA) is 59.1 Å². The molecule has 2 saturated heterocycles. The molecule has 2 atom stereocenters. The Morgan fingerprint density at radius 1 is 0.765 bits per heavy atom. The summed E-state index contributed by atoms with van der Waals surface area (Å²) in [7, 11) is 0. The van der Waals surface area contributed by atoms with Crippen molar-refractivity contribution in [1.29, 1.82) is 0 Å². The molecule has 2 heterocycles. The van der Waals surface area contributed by atoms with Gasteiger partial charge in [0, 0.05) is 60.2 Å². The van der Waals surface area contributed by atoms with Gasteiger partial charge in [0.15, 0.2) is 0 Å². The summed E-state index contributed by atoms with van der Waals surface area (Å²) >= 11 is 12.2. The maximum Gasteiger partial charge on any atom is 0.349 e. The zero-order valence-corrected chi connectivity index (χ0v) is 20.4. The summed E-state index contributed by atoms with van der Waals surface area (Å²) in [5.41, 5.74) is 2.26. The first-order valence-electron chi connectivity index (χ1n) is 11.6. The average Bonchev–Trinajstić information content (AvgIpc) is 2.83. The van der Waals surface area contributed by atoms with E-state index in [1.807, 2.05) is 48.5 Å². The Morgan fingerprint density at radius 3 is 1.62 bits per heavy atom. The van der Waals surface area contributed by atoms with Crippen LogP contribution in [0.1, 0.15) is 48.6 Å². The maximum atomic E-state index is 12.3. The molecule has 0 radical (unpaired) electrons. The third kappa shape index (κ3) is 7.06. The van der Waals surface area contributed by atoms with Gasteiger partial charge in [-0.15, -0.1) is 10.1 Å². The quantitative estimate of drug-likeness (QED) is 0.484. The fraction of sp³-hybridized carbons (Fsp3) is 0.385. The molecule has 2 unspecified atom stereocenters. The summed E-state index contributed by atoms with van der Waals surface area (Å²) in [6.07, 6.45) is 6.04. The van der Waals surface area contributed by atoms with E-state index >= 15 is 0 Å². The van der Waals surface area contributed by atoms with Gasteiger partial charge >= 0.3 is 11.9 Å². The summed E-state index contributed by atoms with van der Waals surface area (Å²) in [6.45, 7) is 2.48. The molecule has 0 amide bonds. The Kier molecular flexibility index (Phi) is 8.62. The lowest BCUT2D eigenvalue weighted by molar-refractivity contribution is -0.192. The predicted molar refractivity (Wildman–Crippen MR) is 131 cm³/mol. The number of hydrogen-bond donors (Lipinski definition) is 0. The molecule has 6 nitrogen and oxygen atoms in total. The minimum Gasteiger partial charge on any atom is -0.364 e. The van der Waals surface area contributed by atoms with Crippen LogP contribution in [0, 0.1) is 0 Å². The van der Waals surface area contributed by atoms with Gasteiger partial charge in [-0.3, -0.25) is 0 Å². The Morgan fingerprint density at radius 2 is 1.21 bits per heavy atom. The van der Waals surface area contributed by atoms with E-state index in [1.54, 1.807) is 10.1 Å². The second-order valence-corrected chi connectivity index (χ2v) is 9.59. The van der Waals surface area contributed by atoms with Crippen molar-refractivity contribution in [2.75, 3.05) is 26.2 Å². The first-order valence-corrected chi connectivity index (χ1v) is 12.3. The third-order valence-corrected chi connectivity index (χ3v) is 6.67. The van der Waals surface area contributed by atoms with Crippen LogP contribution in [-0.2, 0) is 19.3 Å². The standard InChI is InChI=1S/C26H28Cl2N2O4/c27-23-9-1-5-19(15-23)21-7-3-13-29(17-21)33-25(31)11-12-26(32)34-30-14-4-8-22(18-30)20-6-2-10-24(28)16-20/h1-2,5-6,9-12,15-16,21-22H,3-4,7-8,13-14,17-18H2/b12-11+.